The number of nitrogens with zero attached hydrogens (tertiary/aromatic N) is 3. The maximum Gasteiger partial charge on any atom is 0.356 e. The fourth-order valence-corrected chi connectivity index (χ4v) is 2.86. The van der Waals surface area contributed by atoms with Crippen LogP contribution in [-0.4, -0.2) is 33.6 Å². The van der Waals surface area contributed by atoms with E-state index in [-0.39, 0.29) is 5.69 Å². The van der Waals surface area contributed by atoms with Crippen molar-refractivity contribution >= 4 is 17.4 Å². The first-order valence-electron chi connectivity index (χ1n) is 7.23. The molecule has 3 heterocycles. The van der Waals surface area contributed by atoms with Crippen LogP contribution in [0.1, 0.15) is 42.6 Å². The molecule has 1 fully saturated rings. The number of carboxylic acids is 1. The number of hydrogen-bond donors (Lipinski definition) is 1. The highest BCUT2D eigenvalue weighted by molar-refractivity contribution is 5.93. The van der Waals surface area contributed by atoms with Gasteiger partial charge in [0, 0.05) is 19.3 Å². The van der Waals surface area contributed by atoms with E-state index in [1.165, 1.54) is 19.3 Å². The molecule has 0 amide bonds. The standard InChI is InChI=1S/C15H19N3O2/c19-15(20)13-14(16-12-8-4-7-11-18(12)13)17-9-5-2-1-3-6-10-17/h4,7-8,11H,1-3,5-6,9-10H2,(H,19,20). The summed E-state index contributed by atoms with van der Waals surface area (Å²) in [6.45, 7) is 1.79. The molecule has 2 aromatic heterocycles. The number of pyridine rings is 1. The Morgan fingerprint density at radius 1 is 1.10 bits per heavy atom. The predicted octanol–water partition coefficient (Wildman–Crippen LogP) is 2.80. The molecule has 1 aliphatic heterocycles. The second kappa shape index (κ2) is 5.53. The van der Waals surface area contributed by atoms with Gasteiger partial charge in [0.2, 0.25) is 0 Å². The van der Waals surface area contributed by atoms with Gasteiger partial charge in [-0.1, -0.05) is 25.3 Å². The molecule has 0 atom stereocenters. The topological polar surface area (TPSA) is 57.8 Å². The smallest absolute Gasteiger partial charge is 0.356 e. The Kier molecular flexibility index (Phi) is 3.58. The number of carboxylic acid groups (broad SMARTS) is 1. The van der Waals surface area contributed by atoms with E-state index in [2.05, 4.69) is 9.88 Å². The molecule has 0 bridgehead atoms. The molecule has 3 rings (SSSR count). The fourth-order valence-electron chi connectivity index (χ4n) is 2.86. The molecule has 0 aliphatic carbocycles. The number of carbonyl (C=O) groups is 1. The van der Waals surface area contributed by atoms with Crippen molar-refractivity contribution in [1.82, 2.24) is 9.38 Å². The van der Waals surface area contributed by atoms with Gasteiger partial charge in [-0.3, -0.25) is 4.40 Å². The molecule has 0 aromatic carbocycles. The highest BCUT2D eigenvalue weighted by atomic mass is 16.4. The van der Waals surface area contributed by atoms with Gasteiger partial charge in [-0.05, 0) is 25.0 Å². The second-order valence-corrected chi connectivity index (χ2v) is 5.27. The van der Waals surface area contributed by atoms with Gasteiger partial charge >= 0.3 is 5.97 Å². The van der Waals surface area contributed by atoms with Gasteiger partial charge in [-0.15, -0.1) is 0 Å². The molecule has 0 spiro atoms. The van der Waals surface area contributed by atoms with Crippen LogP contribution in [0.2, 0.25) is 0 Å². The van der Waals surface area contributed by atoms with Crippen LogP contribution in [-0.2, 0) is 0 Å². The summed E-state index contributed by atoms with van der Waals surface area (Å²) in [6.07, 6.45) is 7.68. The number of imidazole rings is 1. The Morgan fingerprint density at radius 2 is 1.80 bits per heavy atom. The Morgan fingerprint density at radius 3 is 2.50 bits per heavy atom. The van der Waals surface area contributed by atoms with Gasteiger partial charge < -0.3 is 10.0 Å². The molecule has 0 saturated carbocycles. The summed E-state index contributed by atoms with van der Waals surface area (Å²) in [5.74, 6) is -0.300. The minimum Gasteiger partial charge on any atom is -0.476 e. The third kappa shape index (κ3) is 2.35. The van der Waals surface area contributed by atoms with E-state index >= 15 is 0 Å². The zero-order valence-corrected chi connectivity index (χ0v) is 11.5. The van der Waals surface area contributed by atoms with Crippen molar-refractivity contribution in [3.8, 4) is 0 Å². The van der Waals surface area contributed by atoms with E-state index < -0.39 is 5.97 Å². The van der Waals surface area contributed by atoms with Crippen LogP contribution in [0.4, 0.5) is 5.82 Å². The van der Waals surface area contributed by atoms with E-state index in [4.69, 9.17) is 0 Å². The monoisotopic (exact) mass is 273 g/mol. The number of anilines is 1. The number of aromatic carboxylic acids is 1. The molecule has 5 nitrogen and oxygen atoms in total. The van der Waals surface area contributed by atoms with Crippen LogP contribution < -0.4 is 4.90 Å². The van der Waals surface area contributed by atoms with Crippen molar-refractivity contribution in [3.05, 3.63) is 30.1 Å². The summed E-state index contributed by atoms with van der Waals surface area (Å²) in [7, 11) is 0. The lowest BCUT2D eigenvalue weighted by Gasteiger charge is -2.25. The Bertz CT molecular complexity index is 613. The molecule has 5 heteroatoms. The second-order valence-electron chi connectivity index (χ2n) is 5.27. The summed E-state index contributed by atoms with van der Waals surface area (Å²) in [4.78, 5) is 18.3. The highest BCUT2D eigenvalue weighted by Gasteiger charge is 2.23. The van der Waals surface area contributed by atoms with E-state index in [0.29, 0.717) is 11.5 Å². The first-order valence-corrected chi connectivity index (χ1v) is 7.23. The van der Waals surface area contributed by atoms with E-state index in [1.807, 2.05) is 18.2 Å². The van der Waals surface area contributed by atoms with Crippen molar-refractivity contribution in [3.63, 3.8) is 0 Å². The van der Waals surface area contributed by atoms with Crippen molar-refractivity contribution in [2.24, 2.45) is 0 Å². The maximum atomic E-state index is 11.6. The maximum absolute atomic E-state index is 11.6. The molecule has 1 saturated heterocycles. The minimum absolute atomic E-state index is 0.279. The van der Waals surface area contributed by atoms with Gasteiger partial charge in [0.05, 0.1) is 0 Å². The van der Waals surface area contributed by atoms with Crippen LogP contribution in [0.3, 0.4) is 0 Å². The summed E-state index contributed by atoms with van der Waals surface area (Å²) in [5.41, 5.74) is 0.975. The normalized spacial score (nSPS) is 16.9. The minimum atomic E-state index is -0.916. The van der Waals surface area contributed by atoms with Crippen molar-refractivity contribution in [2.75, 3.05) is 18.0 Å². The van der Waals surface area contributed by atoms with Crippen molar-refractivity contribution in [2.45, 2.75) is 32.1 Å². The molecule has 106 valence electrons. The van der Waals surface area contributed by atoms with Gasteiger partial charge in [-0.2, -0.15) is 0 Å². The molecular formula is C15H19N3O2. The third-order valence-corrected chi connectivity index (χ3v) is 3.87. The van der Waals surface area contributed by atoms with E-state index in [0.717, 1.165) is 25.9 Å². The van der Waals surface area contributed by atoms with Crippen LogP contribution in [0.25, 0.3) is 5.65 Å². The van der Waals surface area contributed by atoms with Gasteiger partial charge in [-0.25, -0.2) is 9.78 Å². The fraction of sp³-hybridized carbons (Fsp3) is 0.467. The number of aromatic nitrogens is 2. The van der Waals surface area contributed by atoms with Gasteiger partial charge in [0.1, 0.15) is 5.65 Å². The lowest BCUT2D eigenvalue weighted by Crippen LogP contribution is -2.29. The molecule has 20 heavy (non-hydrogen) atoms. The molecular weight excluding hydrogens is 254 g/mol. The quantitative estimate of drug-likeness (QED) is 0.914. The number of hydrogen-bond acceptors (Lipinski definition) is 3. The number of fused-ring (bicyclic) bond motifs is 1. The molecule has 1 aliphatic rings. The van der Waals surface area contributed by atoms with Crippen molar-refractivity contribution in [1.29, 1.82) is 0 Å². The summed E-state index contributed by atoms with van der Waals surface area (Å²) >= 11 is 0. The molecule has 0 unspecified atom stereocenters. The molecule has 0 radical (unpaired) electrons. The average molecular weight is 273 g/mol. The molecule has 2 aromatic rings. The van der Waals surface area contributed by atoms with Crippen molar-refractivity contribution < 1.29 is 9.90 Å². The van der Waals surface area contributed by atoms with Crippen LogP contribution in [0, 0.1) is 0 Å². The Hall–Kier alpha value is -2.04. The Labute approximate surface area is 117 Å². The van der Waals surface area contributed by atoms with Gasteiger partial charge in [0.25, 0.3) is 0 Å². The first kappa shape index (κ1) is 13.0. The lowest BCUT2D eigenvalue weighted by molar-refractivity contribution is 0.0690. The zero-order valence-electron chi connectivity index (χ0n) is 11.5. The SMILES string of the molecule is O=C(O)c1c(N2CCCCCCC2)nc2ccccn12. The third-order valence-electron chi connectivity index (χ3n) is 3.87. The predicted molar refractivity (Wildman–Crippen MR) is 77.4 cm³/mol. The van der Waals surface area contributed by atoms with Crippen LogP contribution in [0.5, 0.6) is 0 Å². The zero-order chi connectivity index (χ0) is 13.9. The molecule has 1 N–H and O–H groups in total. The summed E-state index contributed by atoms with van der Waals surface area (Å²) < 4.78 is 1.66. The summed E-state index contributed by atoms with van der Waals surface area (Å²) in [5, 5.41) is 9.52. The lowest BCUT2D eigenvalue weighted by atomic mass is 10.1. The summed E-state index contributed by atoms with van der Waals surface area (Å²) in [6, 6.07) is 5.56. The number of rotatable bonds is 2. The average Bonchev–Trinajstić information content (AvgIpc) is 2.77. The highest BCUT2D eigenvalue weighted by Crippen LogP contribution is 2.24. The van der Waals surface area contributed by atoms with E-state index in [1.54, 1.807) is 10.6 Å². The van der Waals surface area contributed by atoms with Crippen LogP contribution >= 0.6 is 0 Å². The van der Waals surface area contributed by atoms with Gasteiger partial charge in [0.15, 0.2) is 11.5 Å². The largest absolute Gasteiger partial charge is 0.476 e. The van der Waals surface area contributed by atoms with E-state index in [9.17, 15) is 9.90 Å². The first-order chi connectivity index (χ1) is 9.77. The Balaban J connectivity index is 2.04. The van der Waals surface area contributed by atoms with Crippen LogP contribution in [0.15, 0.2) is 24.4 Å².